The number of anilines is 1. The fourth-order valence-corrected chi connectivity index (χ4v) is 4.01. The van der Waals surface area contributed by atoms with Crippen molar-refractivity contribution in [3.05, 3.63) is 53.5 Å². The van der Waals surface area contributed by atoms with Gasteiger partial charge in [-0.05, 0) is 53.5 Å². The third-order valence-electron chi connectivity index (χ3n) is 5.26. The van der Waals surface area contributed by atoms with Crippen molar-refractivity contribution in [2.24, 2.45) is 17.8 Å². The Kier molecular flexibility index (Phi) is 5.03. The number of piperidine rings is 1. The van der Waals surface area contributed by atoms with Crippen molar-refractivity contribution >= 4 is 29.4 Å². The summed E-state index contributed by atoms with van der Waals surface area (Å²) in [5.41, 5.74) is 0.890. The van der Waals surface area contributed by atoms with E-state index < -0.39 is 5.82 Å². The largest absolute Gasteiger partial charge is 0.353 e. The molecule has 27 heavy (non-hydrogen) atoms. The fraction of sp³-hybridized carbons (Fsp3) is 0.368. The van der Waals surface area contributed by atoms with Crippen LogP contribution < -0.4 is 10.2 Å². The molecule has 1 saturated carbocycles. The molecular weight excluding hydrogens is 369 g/mol. The smallest absolute Gasteiger partial charge is 0.244 e. The number of pyridine rings is 1. The first-order chi connectivity index (χ1) is 13.1. The molecule has 2 fully saturated rings. The molecule has 3 heterocycles. The van der Waals surface area contributed by atoms with E-state index in [-0.39, 0.29) is 17.0 Å². The lowest BCUT2D eigenvalue weighted by Gasteiger charge is -2.21. The molecule has 0 spiro atoms. The highest BCUT2D eigenvalue weighted by Gasteiger charge is 2.55. The van der Waals surface area contributed by atoms with Gasteiger partial charge in [0.1, 0.15) is 0 Å². The highest BCUT2D eigenvalue weighted by Crippen LogP contribution is 2.54. The molecule has 0 bridgehead atoms. The van der Waals surface area contributed by atoms with Gasteiger partial charge in [0, 0.05) is 38.1 Å². The Bertz CT molecular complexity index is 850. The van der Waals surface area contributed by atoms with Gasteiger partial charge in [0.05, 0.1) is 6.20 Å². The van der Waals surface area contributed by atoms with Crippen LogP contribution in [0, 0.1) is 23.6 Å². The molecule has 2 aromatic rings. The van der Waals surface area contributed by atoms with E-state index in [0.29, 0.717) is 24.3 Å². The average molecular weight is 388 g/mol. The molecule has 1 aliphatic heterocycles. The SMILES string of the molecule is O=C(/C=C/c1cccnc1)NCCC1C2CN(c3nc(Cl)ncc3F)CC12. The lowest BCUT2D eigenvalue weighted by molar-refractivity contribution is -0.116. The number of fused-ring (bicyclic) bond motifs is 1. The van der Waals surface area contributed by atoms with Gasteiger partial charge in [0.15, 0.2) is 11.6 Å². The van der Waals surface area contributed by atoms with Crippen LogP contribution in [-0.4, -0.2) is 40.5 Å². The first kappa shape index (κ1) is 17.9. The van der Waals surface area contributed by atoms with Crippen LogP contribution in [0.5, 0.6) is 0 Å². The van der Waals surface area contributed by atoms with E-state index in [4.69, 9.17) is 11.6 Å². The predicted molar refractivity (Wildman–Crippen MR) is 101 cm³/mol. The normalized spacial score (nSPS) is 23.5. The first-order valence-corrected chi connectivity index (χ1v) is 9.28. The van der Waals surface area contributed by atoms with Gasteiger partial charge in [-0.1, -0.05) is 6.07 Å². The lowest BCUT2D eigenvalue weighted by atomic mass is 10.2. The molecule has 2 unspecified atom stereocenters. The molecule has 140 valence electrons. The summed E-state index contributed by atoms with van der Waals surface area (Å²) in [7, 11) is 0. The van der Waals surface area contributed by atoms with Crippen molar-refractivity contribution in [1.82, 2.24) is 20.3 Å². The summed E-state index contributed by atoms with van der Waals surface area (Å²) in [5, 5.41) is 2.98. The monoisotopic (exact) mass is 387 g/mol. The molecule has 2 atom stereocenters. The average Bonchev–Trinajstić information content (AvgIpc) is 3.12. The molecule has 4 rings (SSSR count). The summed E-state index contributed by atoms with van der Waals surface area (Å²) in [5.74, 6) is 1.37. The Hall–Kier alpha value is -2.54. The Labute approximate surface area is 161 Å². The maximum Gasteiger partial charge on any atom is 0.244 e. The van der Waals surface area contributed by atoms with Crippen LogP contribution >= 0.6 is 11.6 Å². The Balaban J connectivity index is 1.20. The molecule has 1 N–H and O–H groups in total. The molecular formula is C19H19ClFN5O. The van der Waals surface area contributed by atoms with E-state index in [1.807, 2.05) is 17.0 Å². The predicted octanol–water partition coefficient (Wildman–Crippen LogP) is 2.57. The summed E-state index contributed by atoms with van der Waals surface area (Å²) in [4.78, 5) is 25.5. The van der Waals surface area contributed by atoms with Crippen molar-refractivity contribution < 1.29 is 9.18 Å². The van der Waals surface area contributed by atoms with Crippen LogP contribution in [0.1, 0.15) is 12.0 Å². The maximum absolute atomic E-state index is 13.9. The molecule has 2 aromatic heterocycles. The van der Waals surface area contributed by atoms with Gasteiger partial charge in [0.2, 0.25) is 11.2 Å². The number of nitrogens with zero attached hydrogens (tertiary/aromatic N) is 4. The minimum Gasteiger partial charge on any atom is -0.353 e. The van der Waals surface area contributed by atoms with E-state index >= 15 is 0 Å². The van der Waals surface area contributed by atoms with Crippen molar-refractivity contribution in [3.63, 3.8) is 0 Å². The number of amides is 1. The van der Waals surface area contributed by atoms with Crippen molar-refractivity contribution in [2.45, 2.75) is 6.42 Å². The number of hydrogen-bond acceptors (Lipinski definition) is 5. The minimum atomic E-state index is -0.440. The van der Waals surface area contributed by atoms with Crippen LogP contribution in [-0.2, 0) is 4.79 Å². The van der Waals surface area contributed by atoms with Gasteiger partial charge in [-0.15, -0.1) is 0 Å². The standard InChI is InChI=1S/C19H19ClFN5O/c20-19-24-9-16(21)18(25-19)26-10-14-13(15(14)11-26)5-7-23-17(27)4-3-12-2-1-6-22-8-12/h1-4,6,8-9,13-15H,5,7,10-11H2,(H,23,27)/b4-3+. The number of rotatable bonds is 6. The zero-order valence-corrected chi connectivity index (χ0v) is 15.3. The molecule has 1 saturated heterocycles. The zero-order chi connectivity index (χ0) is 18.8. The summed E-state index contributed by atoms with van der Waals surface area (Å²) >= 11 is 5.77. The van der Waals surface area contributed by atoms with E-state index in [0.717, 1.165) is 31.3 Å². The molecule has 1 amide bonds. The van der Waals surface area contributed by atoms with Gasteiger partial charge in [-0.3, -0.25) is 9.78 Å². The highest BCUT2D eigenvalue weighted by atomic mass is 35.5. The third kappa shape index (κ3) is 4.08. The lowest BCUT2D eigenvalue weighted by Crippen LogP contribution is -2.28. The van der Waals surface area contributed by atoms with Crippen LogP contribution in [0.25, 0.3) is 6.08 Å². The molecule has 6 nitrogen and oxygen atoms in total. The number of carbonyl (C=O) groups excluding carboxylic acids is 1. The van der Waals surface area contributed by atoms with Crippen LogP contribution in [0.3, 0.4) is 0 Å². The molecule has 1 aliphatic carbocycles. The quantitative estimate of drug-likeness (QED) is 0.609. The number of nitrogens with one attached hydrogen (secondary N) is 1. The van der Waals surface area contributed by atoms with Crippen LogP contribution in [0.4, 0.5) is 10.2 Å². The Morgan fingerprint density at radius 3 is 2.93 bits per heavy atom. The zero-order valence-electron chi connectivity index (χ0n) is 14.6. The Morgan fingerprint density at radius 2 is 2.19 bits per heavy atom. The van der Waals surface area contributed by atoms with Gasteiger partial charge >= 0.3 is 0 Å². The Morgan fingerprint density at radius 1 is 1.37 bits per heavy atom. The number of halogens is 2. The molecule has 0 radical (unpaired) electrons. The highest BCUT2D eigenvalue weighted by molar-refractivity contribution is 6.28. The van der Waals surface area contributed by atoms with Crippen LogP contribution in [0.2, 0.25) is 5.28 Å². The fourth-order valence-electron chi connectivity index (χ4n) is 3.88. The molecule has 0 aromatic carbocycles. The van der Waals surface area contributed by atoms with E-state index in [1.165, 1.54) is 6.08 Å². The van der Waals surface area contributed by atoms with Gasteiger partial charge in [0.25, 0.3) is 0 Å². The van der Waals surface area contributed by atoms with E-state index in [2.05, 4.69) is 20.3 Å². The number of hydrogen-bond donors (Lipinski definition) is 1. The third-order valence-corrected chi connectivity index (χ3v) is 5.44. The molecule has 2 aliphatic rings. The topological polar surface area (TPSA) is 71.0 Å². The first-order valence-electron chi connectivity index (χ1n) is 8.91. The maximum atomic E-state index is 13.9. The van der Waals surface area contributed by atoms with E-state index in [9.17, 15) is 9.18 Å². The van der Waals surface area contributed by atoms with E-state index in [1.54, 1.807) is 18.5 Å². The minimum absolute atomic E-state index is 0.0607. The van der Waals surface area contributed by atoms with Crippen molar-refractivity contribution in [3.8, 4) is 0 Å². The van der Waals surface area contributed by atoms with Crippen molar-refractivity contribution in [1.29, 1.82) is 0 Å². The van der Waals surface area contributed by atoms with Crippen LogP contribution in [0.15, 0.2) is 36.8 Å². The summed E-state index contributed by atoms with van der Waals surface area (Å²) in [6, 6.07) is 3.72. The second kappa shape index (κ2) is 7.60. The summed E-state index contributed by atoms with van der Waals surface area (Å²) in [6.07, 6.45) is 8.71. The molecule has 8 heteroatoms. The summed E-state index contributed by atoms with van der Waals surface area (Å²) in [6.45, 7) is 2.18. The second-order valence-corrected chi connectivity index (χ2v) is 7.24. The van der Waals surface area contributed by atoms with Gasteiger partial charge in [-0.25, -0.2) is 9.37 Å². The number of carbonyl (C=O) groups is 1. The van der Waals surface area contributed by atoms with Gasteiger partial charge < -0.3 is 10.2 Å². The second-order valence-electron chi connectivity index (χ2n) is 6.91. The number of aromatic nitrogens is 3. The summed E-state index contributed by atoms with van der Waals surface area (Å²) < 4.78 is 13.9. The van der Waals surface area contributed by atoms with Gasteiger partial charge in [-0.2, -0.15) is 4.98 Å². The van der Waals surface area contributed by atoms with Crippen molar-refractivity contribution in [2.75, 3.05) is 24.5 Å².